The molecule has 1 atom stereocenters. The summed E-state index contributed by atoms with van der Waals surface area (Å²) in [5, 5.41) is 12.8. The summed E-state index contributed by atoms with van der Waals surface area (Å²) in [6.45, 7) is -0.504. The predicted molar refractivity (Wildman–Crippen MR) is 53.4 cm³/mol. The molecule has 1 aromatic rings. The van der Waals surface area contributed by atoms with Crippen molar-refractivity contribution in [2.24, 2.45) is 0 Å². The van der Waals surface area contributed by atoms with E-state index in [9.17, 15) is 14.8 Å². The van der Waals surface area contributed by atoms with E-state index in [0.717, 1.165) is 0 Å². The van der Waals surface area contributed by atoms with Crippen molar-refractivity contribution < 1.29 is 14.8 Å². The molecular weight excluding hydrogens is 221 g/mol. The molecule has 6 heteroatoms. The maximum Gasteiger partial charge on any atom is 0.0555 e. The fourth-order valence-electron chi connectivity index (χ4n) is 0.884. The van der Waals surface area contributed by atoms with Crippen LogP contribution in [0.3, 0.4) is 0 Å². The van der Waals surface area contributed by atoms with Gasteiger partial charge in [0, 0.05) is 6.54 Å². The maximum atomic E-state index is 11.7. The van der Waals surface area contributed by atoms with E-state index in [1.807, 2.05) is 0 Å². The van der Waals surface area contributed by atoms with Crippen molar-refractivity contribution in [3.05, 3.63) is 30.3 Å². The minimum absolute atomic E-state index is 0.427. The largest absolute Gasteiger partial charge is 0.807 e. The van der Waals surface area contributed by atoms with Crippen LogP contribution in [0.1, 0.15) is 0 Å². The predicted octanol–water partition coefficient (Wildman–Crippen LogP) is -1.68. The number of carbonyl (C=O) groups is 1. The molecule has 0 spiro atoms. The molecule has 0 bridgehead atoms. The van der Waals surface area contributed by atoms with E-state index in [1.54, 1.807) is 30.3 Å². The van der Waals surface area contributed by atoms with Gasteiger partial charge in [0.25, 0.3) is 0 Å². The molecule has 0 aromatic heterocycles. The number of aliphatic carboxylic acids is 1. The third-order valence-electron chi connectivity index (χ3n) is 1.53. The standard InChI is InChI=1S/C8H10NO3PS/c10-8(11)6-9-13(12,14)7-4-2-1-3-5-7/h1-5H,6H2,(H,10,11)(H2,9,12,14)/p-2. The van der Waals surface area contributed by atoms with Gasteiger partial charge in [0.05, 0.1) is 5.97 Å². The average Bonchev–Trinajstić information content (AvgIpc) is 2.16. The molecule has 1 aromatic carbocycles. The molecule has 1 N–H and O–H groups in total. The van der Waals surface area contributed by atoms with E-state index in [1.165, 1.54) is 0 Å². The van der Waals surface area contributed by atoms with Gasteiger partial charge in [0.2, 0.25) is 0 Å². The summed E-state index contributed by atoms with van der Waals surface area (Å²) >= 11 is 4.78. The number of carbonyl (C=O) groups excluding carboxylic acids is 1. The highest BCUT2D eigenvalue weighted by Crippen LogP contribution is 2.28. The molecule has 14 heavy (non-hydrogen) atoms. The lowest BCUT2D eigenvalue weighted by molar-refractivity contribution is -0.303. The summed E-state index contributed by atoms with van der Waals surface area (Å²) in [6.07, 6.45) is -3.19. The number of nitrogens with one attached hydrogen (secondary N) is 1. The fourth-order valence-corrected chi connectivity index (χ4v) is 2.53. The molecule has 4 nitrogen and oxygen atoms in total. The zero-order valence-corrected chi connectivity index (χ0v) is 8.88. The number of carboxylic acid groups (broad SMARTS) is 1. The molecule has 0 fully saturated rings. The van der Waals surface area contributed by atoms with Crippen molar-refractivity contribution in [1.82, 2.24) is 5.09 Å². The lowest BCUT2D eigenvalue weighted by Crippen LogP contribution is -2.37. The Labute approximate surface area is 86.7 Å². The Morgan fingerprint density at radius 2 is 2.00 bits per heavy atom. The van der Waals surface area contributed by atoms with Crippen molar-refractivity contribution in [2.75, 3.05) is 6.54 Å². The molecule has 0 saturated carbocycles. The fraction of sp³-hybridized carbons (Fsp3) is 0.125. The van der Waals surface area contributed by atoms with E-state index < -0.39 is 18.9 Å². The minimum atomic E-state index is -3.19. The van der Waals surface area contributed by atoms with Crippen LogP contribution in [0, 0.1) is 0 Å². The van der Waals surface area contributed by atoms with E-state index in [2.05, 4.69) is 5.09 Å². The average molecular weight is 229 g/mol. The van der Waals surface area contributed by atoms with Crippen LogP contribution in [0.25, 0.3) is 0 Å². The highest BCUT2D eigenvalue weighted by molar-refractivity contribution is 8.13. The Hall–Kier alpha value is -0.740. The van der Waals surface area contributed by atoms with Gasteiger partial charge in [-0.05, 0) is 11.7 Å². The molecule has 0 aliphatic heterocycles. The third kappa shape index (κ3) is 3.20. The van der Waals surface area contributed by atoms with Crippen molar-refractivity contribution in [3.63, 3.8) is 0 Å². The Morgan fingerprint density at radius 3 is 2.50 bits per heavy atom. The van der Waals surface area contributed by atoms with Crippen molar-refractivity contribution in [2.45, 2.75) is 0 Å². The van der Waals surface area contributed by atoms with Crippen LogP contribution >= 0.6 is 6.42 Å². The van der Waals surface area contributed by atoms with Gasteiger partial charge in [-0.1, -0.05) is 42.1 Å². The Bertz CT molecular complexity index is 368. The van der Waals surface area contributed by atoms with Gasteiger partial charge in [-0.3, -0.25) is 5.09 Å². The first-order valence-corrected chi connectivity index (χ1v) is 6.56. The zero-order chi connectivity index (χ0) is 10.6. The van der Waals surface area contributed by atoms with E-state index in [0.29, 0.717) is 5.30 Å². The number of rotatable bonds is 4. The van der Waals surface area contributed by atoms with Gasteiger partial charge in [0.15, 0.2) is 0 Å². The molecule has 0 aliphatic rings. The summed E-state index contributed by atoms with van der Waals surface area (Å²) < 4.78 is 0. The minimum Gasteiger partial charge on any atom is -0.807 e. The van der Waals surface area contributed by atoms with Crippen molar-refractivity contribution >= 4 is 29.5 Å². The Kier molecular flexibility index (Phi) is 3.77. The molecular formula is C8H8NO3PS-2. The normalized spacial score (nSPS) is 14.6. The number of hydrogen-bond acceptors (Lipinski definition) is 4. The van der Waals surface area contributed by atoms with Crippen molar-refractivity contribution in [3.8, 4) is 0 Å². The number of hydrogen-bond donors (Lipinski definition) is 1. The van der Waals surface area contributed by atoms with Crippen LogP contribution in [-0.4, -0.2) is 12.5 Å². The molecule has 1 unspecified atom stereocenters. The first-order chi connectivity index (χ1) is 6.52. The topological polar surface area (TPSA) is 75.2 Å². The van der Waals surface area contributed by atoms with Crippen LogP contribution in [0.5, 0.6) is 0 Å². The monoisotopic (exact) mass is 229 g/mol. The summed E-state index contributed by atoms with van der Waals surface area (Å²) in [4.78, 5) is 21.9. The highest BCUT2D eigenvalue weighted by atomic mass is 32.4. The second-order valence-corrected chi connectivity index (χ2v) is 6.07. The molecule has 0 saturated heterocycles. The highest BCUT2D eigenvalue weighted by Gasteiger charge is 2.03. The summed E-state index contributed by atoms with van der Waals surface area (Å²) in [7, 11) is 0. The lowest BCUT2D eigenvalue weighted by Gasteiger charge is -2.29. The lowest BCUT2D eigenvalue weighted by atomic mass is 10.4. The first kappa shape index (κ1) is 11.3. The smallest absolute Gasteiger partial charge is 0.0555 e. The summed E-state index contributed by atoms with van der Waals surface area (Å²) in [5.74, 6) is -1.33. The van der Waals surface area contributed by atoms with Gasteiger partial charge in [-0.15, -0.1) is 0 Å². The molecule has 0 aliphatic carbocycles. The van der Waals surface area contributed by atoms with Crippen LogP contribution in [0.2, 0.25) is 0 Å². The van der Waals surface area contributed by atoms with Gasteiger partial charge < -0.3 is 14.8 Å². The van der Waals surface area contributed by atoms with Crippen LogP contribution in [0.4, 0.5) is 0 Å². The quantitative estimate of drug-likeness (QED) is 0.624. The van der Waals surface area contributed by atoms with E-state index >= 15 is 0 Å². The van der Waals surface area contributed by atoms with Crippen LogP contribution in [0.15, 0.2) is 30.3 Å². The van der Waals surface area contributed by atoms with Gasteiger partial charge in [0.1, 0.15) is 0 Å². The van der Waals surface area contributed by atoms with E-state index in [4.69, 9.17) is 11.8 Å². The van der Waals surface area contributed by atoms with Gasteiger partial charge >= 0.3 is 0 Å². The van der Waals surface area contributed by atoms with Crippen LogP contribution in [-0.2, 0) is 16.6 Å². The third-order valence-corrected chi connectivity index (χ3v) is 4.10. The number of benzene rings is 1. The van der Waals surface area contributed by atoms with Gasteiger partial charge in [-0.25, -0.2) is 0 Å². The van der Waals surface area contributed by atoms with Gasteiger partial charge in [-0.2, -0.15) is 0 Å². The molecule has 1 rings (SSSR count). The Balaban J connectivity index is 2.76. The second kappa shape index (κ2) is 4.66. The molecule has 0 amide bonds. The second-order valence-electron chi connectivity index (χ2n) is 2.59. The first-order valence-electron chi connectivity index (χ1n) is 3.84. The molecule has 0 radical (unpaired) electrons. The Morgan fingerprint density at radius 1 is 1.43 bits per heavy atom. The summed E-state index contributed by atoms with van der Waals surface area (Å²) in [6, 6.07) is 8.33. The SMILES string of the molecule is O=C([O-])CNP([O-])(=S)c1ccccc1. The van der Waals surface area contributed by atoms with E-state index in [-0.39, 0.29) is 0 Å². The maximum absolute atomic E-state index is 11.7. The number of carboxylic acids is 1. The zero-order valence-electron chi connectivity index (χ0n) is 7.17. The summed E-state index contributed by atoms with van der Waals surface area (Å²) in [5.41, 5.74) is 0. The van der Waals surface area contributed by atoms with Crippen LogP contribution < -0.4 is 20.4 Å². The van der Waals surface area contributed by atoms with Crippen molar-refractivity contribution in [1.29, 1.82) is 0 Å². The molecule has 0 heterocycles. The molecule has 76 valence electrons.